The molecule has 1 amide bonds. The van der Waals surface area contributed by atoms with E-state index >= 15 is 0 Å². The van der Waals surface area contributed by atoms with Gasteiger partial charge in [-0.3, -0.25) is 9.20 Å². The number of amides is 1. The van der Waals surface area contributed by atoms with Crippen molar-refractivity contribution in [1.82, 2.24) is 14.7 Å². The molecule has 39 heavy (non-hydrogen) atoms. The van der Waals surface area contributed by atoms with Crippen LogP contribution in [0.15, 0.2) is 114 Å². The normalized spacial score (nSPS) is 11.1. The highest BCUT2D eigenvalue weighted by molar-refractivity contribution is 9.10. The summed E-state index contributed by atoms with van der Waals surface area (Å²) in [6, 6.07) is 33.7. The van der Waals surface area contributed by atoms with Gasteiger partial charge in [-0.25, -0.2) is 4.98 Å². The molecule has 0 aliphatic carbocycles. The van der Waals surface area contributed by atoms with Crippen molar-refractivity contribution in [1.29, 1.82) is 0 Å². The molecule has 0 aliphatic heterocycles. The second kappa shape index (κ2) is 10.9. The molecule has 6 aromatic rings. The lowest BCUT2D eigenvalue weighted by Crippen LogP contribution is -2.23. The lowest BCUT2D eigenvalue weighted by Gasteiger charge is -2.13. The molecule has 0 saturated carbocycles. The fraction of sp³-hybridized carbons (Fsp3) is 0.0625. The third kappa shape index (κ3) is 5.26. The lowest BCUT2D eigenvalue weighted by molar-refractivity contribution is 0.0952. The van der Waals surface area contributed by atoms with Crippen LogP contribution in [-0.4, -0.2) is 15.3 Å². The summed E-state index contributed by atoms with van der Waals surface area (Å²) in [6.45, 7) is 1.08. The summed E-state index contributed by atoms with van der Waals surface area (Å²) in [5.74, 6) is 0.832. The summed E-state index contributed by atoms with van der Waals surface area (Å²) in [4.78, 5) is 17.7. The van der Waals surface area contributed by atoms with Crippen LogP contribution in [0.4, 0.5) is 5.82 Å². The van der Waals surface area contributed by atoms with Gasteiger partial charge in [0.05, 0.1) is 10.2 Å². The van der Waals surface area contributed by atoms with E-state index < -0.39 is 0 Å². The maximum absolute atomic E-state index is 12.9. The number of anilines is 1. The summed E-state index contributed by atoms with van der Waals surface area (Å²) in [7, 11) is 0. The quantitative estimate of drug-likeness (QED) is 0.196. The van der Waals surface area contributed by atoms with Gasteiger partial charge in [-0.2, -0.15) is 0 Å². The molecule has 0 saturated heterocycles. The summed E-state index contributed by atoms with van der Waals surface area (Å²) in [5, 5.41) is 9.27. The Morgan fingerprint density at radius 3 is 2.38 bits per heavy atom. The van der Waals surface area contributed by atoms with E-state index in [2.05, 4.69) is 38.7 Å². The first-order chi connectivity index (χ1) is 19.1. The number of nitrogens with one attached hydrogen (secondary N) is 2. The molecule has 5 nitrogen and oxygen atoms in total. The number of benzene rings is 4. The van der Waals surface area contributed by atoms with Crippen LogP contribution < -0.4 is 10.6 Å². The Morgan fingerprint density at radius 2 is 1.56 bits per heavy atom. The molecule has 2 heterocycles. The van der Waals surface area contributed by atoms with Crippen LogP contribution in [0.5, 0.6) is 0 Å². The summed E-state index contributed by atoms with van der Waals surface area (Å²) in [6.07, 6.45) is 1.98. The third-order valence-corrected chi connectivity index (χ3v) is 7.65. The standard InChI is InChI=1S/C32H24BrClN4O/c33-27-16-17-38-30(18-29(37-31(27)38)26-9-3-4-11-28(26)34)35-19-21-12-14-22(15-13-21)20-36-32(39)25-10-5-7-23-6-1-2-8-24(23)25/h1-18,35H,19-20H2,(H,36,39). The monoisotopic (exact) mass is 594 g/mol. The first kappa shape index (κ1) is 25.2. The maximum Gasteiger partial charge on any atom is 0.252 e. The van der Waals surface area contributed by atoms with Crippen molar-refractivity contribution in [2.24, 2.45) is 0 Å². The minimum atomic E-state index is -0.0774. The minimum Gasteiger partial charge on any atom is -0.367 e. The summed E-state index contributed by atoms with van der Waals surface area (Å²) >= 11 is 10.1. The van der Waals surface area contributed by atoms with Gasteiger partial charge in [-0.15, -0.1) is 0 Å². The first-order valence-electron chi connectivity index (χ1n) is 12.6. The van der Waals surface area contributed by atoms with E-state index in [4.69, 9.17) is 16.6 Å². The molecule has 0 aliphatic rings. The van der Waals surface area contributed by atoms with Gasteiger partial charge in [-0.05, 0) is 56.0 Å². The number of carbonyl (C=O) groups excluding carboxylic acids is 1. The van der Waals surface area contributed by atoms with Crippen molar-refractivity contribution in [2.45, 2.75) is 13.1 Å². The number of rotatable bonds is 7. The van der Waals surface area contributed by atoms with Crippen LogP contribution in [0.3, 0.4) is 0 Å². The second-order valence-electron chi connectivity index (χ2n) is 9.24. The van der Waals surface area contributed by atoms with Crippen molar-refractivity contribution in [2.75, 3.05) is 5.32 Å². The molecule has 7 heteroatoms. The van der Waals surface area contributed by atoms with E-state index in [1.165, 1.54) is 0 Å². The Kier molecular flexibility index (Phi) is 7.05. The van der Waals surface area contributed by atoms with Crippen LogP contribution in [-0.2, 0) is 13.1 Å². The molecule has 0 bridgehead atoms. The van der Waals surface area contributed by atoms with Gasteiger partial charge in [-0.1, -0.05) is 90.5 Å². The number of halogens is 2. The van der Waals surface area contributed by atoms with Crippen molar-refractivity contribution >= 4 is 55.7 Å². The minimum absolute atomic E-state index is 0.0774. The fourth-order valence-electron chi connectivity index (χ4n) is 4.66. The second-order valence-corrected chi connectivity index (χ2v) is 10.5. The van der Waals surface area contributed by atoms with E-state index in [-0.39, 0.29) is 5.91 Å². The number of carbonyl (C=O) groups is 1. The Labute approximate surface area is 239 Å². The average Bonchev–Trinajstić information content (AvgIpc) is 3.35. The topological polar surface area (TPSA) is 58.4 Å². The molecule has 0 spiro atoms. The Hall–Kier alpha value is -4.13. The Balaban J connectivity index is 1.15. The molecule has 0 fully saturated rings. The molecule has 0 atom stereocenters. The number of nitrogens with zero attached hydrogens (tertiary/aromatic N) is 2. The average molecular weight is 596 g/mol. The third-order valence-electron chi connectivity index (χ3n) is 6.70. The Bertz CT molecular complexity index is 1810. The SMILES string of the molecule is O=C(NCc1ccc(CNc2cc(-c3ccccc3Cl)nc3c(Br)ccn23)cc1)c1cccc2ccccc12. The molecular formula is C32H24BrClN4O. The van der Waals surface area contributed by atoms with Crippen LogP contribution in [0.1, 0.15) is 21.5 Å². The molecule has 6 rings (SSSR count). The molecular weight excluding hydrogens is 572 g/mol. The smallest absolute Gasteiger partial charge is 0.252 e. The fourth-order valence-corrected chi connectivity index (χ4v) is 5.29. The van der Waals surface area contributed by atoms with Crippen molar-refractivity contribution in [3.63, 3.8) is 0 Å². The first-order valence-corrected chi connectivity index (χ1v) is 13.7. The Morgan fingerprint density at radius 1 is 0.846 bits per heavy atom. The molecule has 2 N–H and O–H groups in total. The van der Waals surface area contributed by atoms with Gasteiger partial charge in [0, 0.05) is 41.5 Å². The van der Waals surface area contributed by atoms with Crippen LogP contribution in [0.25, 0.3) is 27.7 Å². The number of hydrogen-bond acceptors (Lipinski definition) is 3. The summed E-state index contributed by atoms with van der Waals surface area (Å²) < 4.78 is 2.93. The van der Waals surface area contributed by atoms with Crippen molar-refractivity contribution in [3.05, 3.63) is 136 Å². The highest BCUT2D eigenvalue weighted by atomic mass is 79.9. The highest BCUT2D eigenvalue weighted by Crippen LogP contribution is 2.31. The number of fused-ring (bicyclic) bond motifs is 2. The molecule has 0 radical (unpaired) electrons. The largest absolute Gasteiger partial charge is 0.367 e. The summed E-state index contributed by atoms with van der Waals surface area (Å²) in [5.41, 5.74) is 5.33. The lowest BCUT2D eigenvalue weighted by atomic mass is 10.0. The maximum atomic E-state index is 12.9. The van der Waals surface area contributed by atoms with E-state index in [0.717, 1.165) is 49.1 Å². The van der Waals surface area contributed by atoms with Gasteiger partial charge < -0.3 is 10.6 Å². The zero-order valence-corrected chi connectivity index (χ0v) is 23.2. The molecule has 4 aromatic carbocycles. The molecule has 192 valence electrons. The zero-order chi connectivity index (χ0) is 26.8. The predicted molar refractivity (Wildman–Crippen MR) is 162 cm³/mol. The van der Waals surface area contributed by atoms with Crippen molar-refractivity contribution < 1.29 is 4.79 Å². The van der Waals surface area contributed by atoms with Gasteiger partial charge >= 0.3 is 0 Å². The number of aromatic nitrogens is 2. The number of hydrogen-bond donors (Lipinski definition) is 2. The van der Waals surface area contributed by atoms with E-state index in [9.17, 15) is 4.79 Å². The molecule has 2 aromatic heterocycles. The van der Waals surface area contributed by atoms with Crippen molar-refractivity contribution in [3.8, 4) is 11.3 Å². The zero-order valence-electron chi connectivity index (χ0n) is 20.9. The predicted octanol–water partition coefficient (Wildman–Crippen LogP) is 8.11. The van der Waals surface area contributed by atoms with E-state index in [1.807, 2.05) is 102 Å². The van der Waals surface area contributed by atoms with Crippen LogP contribution >= 0.6 is 27.5 Å². The van der Waals surface area contributed by atoms with Gasteiger partial charge in [0.1, 0.15) is 5.82 Å². The van der Waals surface area contributed by atoms with Gasteiger partial charge in [0.15, 0.2) is 5.65 Å². The molecule has 0 unspecified atom stereocenters. The van der Waals surface area contributed by atoms with Crippen LogP contribution in [0, 0.1) is 0 Å². The van der Waals surface area contributed by atoms with Gasteiger partial charge in [0.25, 0.3) is 5.91 Å². The van der Waals surface area contributed by atoms with Crippen LogP contribution in [0.2, 0.25) is 5.02 Å². The van der Waals surface area contributed by atoms with E-state index in [1.54, 1.807) is 0 Å². The van der Waals surface area contributed by atoms with E-state index in [0.29, 0.717) is 23.7 Å². The highest BCUT2D eigenvalue weighted by Gasteiger charge is 2.13. The van der Waals surface area contributed by atoms with Gasteiger partial charge in [0.2, 0.25) is 0 Å².